The smallest absolute Gasteiger partial charge is 0.306 e. The molecule has 0 radical (unpaired) electrons. The predicted octanol–water partition coefficient (Wildman–Crippen LogP) is 20.3. The van der Waals surface area contributed by atoms with Crippen LogP contribution in [-0.2, 0) is 28.6 Å². The molecule has 0 saturated carbocycles. The summed E-state index contributed by atoms with van der Waals surface area (Å²) < 4.78 is 16.9. The number of carbonyl (C=O) groups is 3. The quantitative estimate of drug-likeness (QED) is 0.0343. The molecule has 0 amide bonds. The van der Waals surface area contributed by atoms with Crippen molar-refractivity contribution in [2.75, 3.05) is 13.2 Å². The molecule has 0 aliphatic carbocycles. The van der Waals surface area contributed by atoms with E-state index in [2.05, 4.69) is 41.5 Å². The van der Waals surface area contributed by atoms with Gasteiger partial charge in [-0.15, -0.1) is 0 Å². The third kappa shape index (κ3) is 53.8. The van der Waals surface area contributed by atoms with Crippen LogP contribution in [0.25, 0.3) is 0 Å². The van der Waals surface area contributed by atoms with Gasteiger partial charge in [0.2, 0.25) is 0 Å². The zero-order valence-electron chi connectivity index (χ0n) is 46.9. The van der Waals surface area contributed by atoms with E-state index in [4.69, 9.17) is 14.2 Å². The lowest BCUT2D eigenvalue weighted by Gasteiger charge is -2.18. The van der Waals surface area contributed by atoms with Gasteiger partial charge in [-0.05, 0) is 37.0 Å². The van der Waals surface area contributed by atoms with Crippen LogP contribution in [0.1, 0.15) is 343 Å². The van der Waals surface area contributed by atoms with Crippen molar-refractivity contribution in [2.45, 2.75) is 349 Å². The molecule has 2 atom stereocenters. The summed E-state index contributed by atoms with van der Waals surface area (Å²) in [5, 5.41) is 0. The second-order valence-corrected chi connectivity index (χ2v) is 22.5. The average Bonchev–Trinajstić information content (AvgIpc) is 3.31. The molecule has 0 heterocycles. The molecule has 0 fully saturated rings. The van der Waals surface area contributed by atoms with Crippen LogP contribution in [0.5, 0.6) is 0 Å². The van der Waals surface area contributed by atoms with Crippen molar-refractivity contribution in [3.05, 3.63) is 0 Å². The highest BCUT2D eigenvalue weighted by atomic mass is 16.6. The van der Waals surface area contributed by atoms with Gasteiger partial charge < -0.3 is 14.2 Å². The van der Waals surface area contributed by atoms with E-state index in [1.54, 1.807) is 0 Å². The van der Waals surface area contributed by atoms with Crippen molar-refractivity contribution in [3.63, 3.8) is 0 Å². The van der Waals surface area contributed by atoms with Gasteiger partial charge in [0.05, 0.1) is 0 Å². The number of ether oxygens (including phenoxy) is 3. The van der Waals surface area contributed by atoms with Crippen molar-refractivity contribution < 1.29 is 28.6 Å². The molecule has 6 nitrogen and oxygen atoms in total. The first-order valence-corrected chi connectivity index (χ1v) is 30.6. The van der Waals surface area contributed by atoms with E-state index in [9.17, 15) is 14.4 Å². The Morgan fingerprint density at radius 1 is 0.294 bits per heavy atom. The fourth-order valence-electron chi connectivity index (χ4n) is 9.50. The summed E-state index contributed by atoms with van der Waals surface area (Å²) in [6.07, 6.45) is 56.7. The molecule has 0 N–H and O–H groups in total. The van der Waals surface area contributed by atoms with Gasteiger partial charge in [0.15, 0.2) is 6.10 Å². The van der Waals surface area contributed by atoms with Crippen LogP contribution < -0.4 is 0 Å². The van der Waals surface area contributed by atoms with E-state index in [0.29, 0.717) is 19.3 Å². The second-order valence-electron chi connectivity index (χ2n) is 22.5. The highest BCUT2D eigenvalue weighted by Gasteiger charge is 2.19. The van der Waals surface area contributed by atoms with Gasteiger partial charge in [-0.2, -0.15) is 0 Å². The minimum Gasteiger partial charge on any atom is -0.462 e. The highest BCUT2D eigenvalue weighted by molar-refractivity contribution is 5.71. The Morgan fingerprint density at radius 3 is 0.765 bits per heavy atom. The molecule has 0 spiro atoms. The maximum absolute atomic E-state index is 12.9. The minimum absolute atomic E-state index is 0.0632. The summed E-state index contributed by atoms with van der Waals surface area (Å²) in [5.41, 5.74) is 0. The molecule has 68 heavy (non-hydrogen) atoms. The maximum Gasteiger partial charge on any atom is 0.306 e. The monoisotopic (exact) mass is 961 g/mol. The van der Waals surface area contributed by atoms with Gasteiger partial charge in [-0.1, -0.05) is 305 Å². The Labute approximate surface area is 425 Å². The van der Waals surface area contributed by atoms with Crippen LogP contribution in [0.2, 0.25) is 0 Å². The lowest BCUT2D eigenvalue weighted by Crippen LogP contribution is -2.30. The Morgan fingerprint density at radius 2 is 0.515 bits per heavy atom. The highest BCUT2D eigenvalue weighted by Crippen LogP contribution is 2.19. The topological polar surface area (TPSA) is 78.9 Å². The molecule has 0 bridgehead atoms. The number of unbranched alkanes of at least 4 members (excludes halogenated alkanes) is 37. The lowest BCUT2D eigenvalue weighted by molar-refractivity contribution is -0.167. The van der Waals surface area contributed by atoms with Gasteiger partial charge in [-0.3, -0.25) is 14.4 Å². The average molecular weight is 962 g/mol. The number of esters is 3. The predicted molar refractivity (Wildman–Crippen MR) is 293 cm³/mol. The Hall–Kier alpha value is -1.59. The molecular weight excluding hydrogens is 841 g/mol. The summed E-state index contributed by atoms with van der Waals surface area (Å²) in [4.78, 5) is 38.2. The minimum atomic E-state index is -0.764. The molecule has 6 heteroatoms. The Bertz CT molecular complexity index is 1060. The fraction of sp³-hybridized carbons (Fsp3) is 0.952. The molecule has 0 aromatic carbocycles. The molecule has 0 saturated heterocycles. The van der Waals surface area contributed by atoms with Crippen LogP contribution in [0.4, 0.5) is 0 Å². The first kappa shape index (κ1) is 66.4. The van der Waals surface area contributed by atoms with E-state index >= 15 is 0 Å². The number of carbonyl (C=O) groups excluding carboxylic acids is 3. The first-order chi connectivity index (χ1) is 33.1. The Kier molecular flexibility index (Phi) is 52.0. The maximum atomic E-state index is 12.9. The fourth-order valence-corrected chi connectivity index (χ4v) is 9.50. The SMILES string of the molecule is CCC(C)CCCCCCCCCCCCCCCCCCCCC(=O)OC[C@H](COC(=O)CCCCCCCCCCCCC(C)C)OC(=O)CCCCCCCCCCCCCCC(C)C. The van der Waals surface area contributed by atoms with E-state index in [-0.39, 0.29) is 31.1 Å². The normalized spacial score (nSPS) is 12.5. The Balaban J connectivity index is 4.24. The largest absolute Gasteiger partial charge is 0.462 e. The van der Waals surface area contributed by atoms with Gasteiger partial charge in [0.25, 0.3) is 0 Å². The summed E-state index contributed by atoms with van der Waals surface area (Å²) in [7, 11) is 0. The summed E-state index contributed by atoms with van der Waals surface area (Å²) in [6, 6.07) is 0. The van der Waals surface area contributed by atoms with Crippen molar-refractivity contribution in [1.82, 2.24) is 0 Å². The number of hydrogen-bond acceptors (Lipinski definition) is 6. The molecule has 0 aliphatic heterocycles. The third-order valence-electron chi connectivity index (χ3n) is 14.5. The van der Waals surface area contributed by atoms with E-state index in [1.165, 1.54) is 225 Å². The summed E-state index contributed by atoms with van der Waals surface area (Å²) in [6.45, 7) is 13.8. The van der Waals surface area contributed by atoms with Gasteiger partial charge in [0, 0.05) is 19.3 Å². The molecule has 0 aromatic heterocycles. The standard InChI is InChI=1S/C62H120O6/c1-7-58(6)50-44-38-32-26-19-14-12-10-8-9-11-13-15-20-27-33-39-45-51-60(63)66-54-59(55-67-61(64)52-46-40-34-28-23-22-25-31-37-43-49-57(4)5)68-62(65)53-47-41-35-29-21-17-16-18-24-30-36-42-48-56(2)3/h56-59H,7-55H2,1-6H3/t58?,59-/m1/s1. The van der Waals surface area contributed by atoms with Crippen molar-refractivity contribution >= 4 is 17.9 Å². The first-order valence-electron chi connectivity index (χ1n) is 30.6. The lowest BCUT2D eigenvalue weighted by atomic mass is 9.99. The van der Waals surface area contributed by atoms with Crippen LogP contribution >= 0.6 is 0 Å². The second kappa shape index (κ2) is 53.2. The number of hydrogen-bond donors (Lipinski definition) is 0. The van der Waals surface area contributed by atoms with Gasteiger partial charge >= 0.3 is 17.9 Å². The molecule has 0 aliphatic rings. The summed E-state index contributed by atoms with van der Waals surface area (Å²) >= 11 is 0. The molecule has 0 aromatic rings. The number of rotatable bonds is 55. The van der Waals surface area contributed by atoms with Gasteiger partial charge in [-0.25, -0.2) is 0 Å². The van der Waals surface area contributed by atoms with E-state index in [0.717, 1.165) is 75.5 Å². The van der Waals surface area contributed by atoms with Crippen LogP contribution in [0, 0.1) is 17.8 Å². The van der Waals surface area contributed by atoms with Crippen LogP contribution in [-0.4, -0.2) is 37.2 Å². The molecule has 404 valence electrons. The molecule has 0 rings (SSSR count). The third-order valence-corrected chi connectivity index (χ3v) is 14.5. The van der Waals surface area contributed by atoms with E-state index < -0.39 is 6.10 Å². The zero-order chi connectivity index (χ0) is 49.8. The zero-order valence-corrected chi connectivity index (χ0v) is 46.9. The summed E-state index contributed by atoms with van der Waals surface area (Å²) in [5.74, 6) is 1.72. The van der Waals surface area contributed by atoms with Crippen molar-refractivity contribution in [2.24, 2.45) is 17.8 Å². The van der Waals surface area contributed by atoms with Crippen molar-refractivity contribution in [3.8, 4) is 0 Å². The van der Waals surface area contributed by atoms with Gasteiger partial charge in [0.1, 0.15) is 13.2 Å². The van der Waals surface area contributed by atoms with Crippen LogP contribution in [0.3, 0.4) is 0 Å². The molecule has 1 unspecified atom stereocenters. The molecular formula is C62H120O6. The van der Waals surface area contributed by atoms with Crippen LogP contribution in [0.15, 0.2) is 0 Å². The van der Waals surface area contributed by atoms with E-state index in [1.807, 2.05) is 0 Å². The van der Waals surface area contributed by atoms with Crippen molar-refractivity contribution in [1.29, 1.82) is 0 Å².